The van der Waals surface area contributed by atoms with E-state index in [2.05, 4.69) is 5.32 Å². The van der Waals surface area contributed by atoms with Crippen LogP contribution in [0, 0.1) is 12.8 Å². The van der Waals surface area contributed by atoms with Gasteiger partial charge < -0.3 is 10.4 Å². The van der Waals surface area contributed by atoms with E-state index in [9.17, 15) is 14.7 Å². The number of rotatable bonds is 7. The minimum Gasteiger partial charge on any atom is -0.480 e. The summed E-state index contributed by atoms with van der Waals surface area (Å²) in [6.07, 6.45) is 1.01. The van der Waals surface area contributed by atoms with E-state index in [1.807, 2.05) is 52.0 Å². The largest absolute Gasteiger partial charge is 0.480 e. The summed E-state index contributed by atoms with van der Waals surface area (Å²) in [6, 6.07) is 7.14. The van der Waals surface area contributed by atoms with E-state index in [4.69, 9.17) is 0 Å². The monoisotopic (exact) mass is 291 g/mol. The zero-order valence-electron chi connectivity index (χ0n) is 13.2. The first kappa shape index (κ1) is 17.2. The molecule has 0 bridgehead atoms. The number of aryl methyl sites for hydroxylation is 1. The molecule has 0 radical (unpaired) electrons. The summed E-state index contributed by atoms with van der Waals surface area (Å²) in [4.78, 5) is 23.3. The molecule has 1 unspecified atom stereocenters. The van der Waals surface area contributed by atoms with Gasteiger partial charge in [0.1, 0.15) is 6.04 Å². The number of amides is 1. The molecule has 0 aliphatic heterocycles. The summed E-state index contributed by atoms with van der Waals surface area (Å²) in [5.41, 5.74) is 2.28. The van der Waals surface area contributed by atoms with Gasteiger partial charge in [0.2, 0.25) is 5.91 Å². The van der Waals surface area contributed by atoms with Crippen LogP contribution in [0.15, 0.2) is 24.3 Å². The Labute approximate surface area is 126 Å². The third-order valence-corrected chi connectivity index (χ3v) is 4.01. The van der Waals surface area contributed by atoms with Gasteiger partial charge in [0.25, 0.3) is 0 Å². The molecule has 116 valence electrons. The van der Waals surface area contributed by atoms with Gasteiger partial charge in [0.15, 0.2) is 0 Å². The summed E-state index contributed by atoms with van der Waals surface area (Å²) < 4.78 is 0. The topological polar surface area (TPSA) is 66.4 Å². The first-order chi connectivity index (χ1) is 9.86. The summed E-state index contributed by atoms with van der Waals surface area (Å²) in [5.74, 6) is -1.20. The van der Waals surface area contributed by atoms with Crippen molar-refractivity contribution in [3.8, 4) is 0 Å². The summed E-state index contributed by atoms with van der Waals surface area (Å²) >= 11 is 0. The molecule has 1 aromatic rings. The molecular formula is C17H25NO3. The second-order valence-electron chi connectivity index (χ2n) is 5.73. The molecule has 1 amide bonds. The fourth-order valence-corrected chi connectivity index (χ4v) is 2.44. The summed E-state index contributed by atoms with van der Waals surface area (Å²) in [5, 5.41) is 11.9. The van der Waals surface area contributed by atoms with Gasteiger partial charge in [-0.05, 0) is 29.9 Å². The molecule has 0 spiro atoms. The van der Waals surface area contributed by atoms with Crippen LogP contribution in [0.3, 0.4) is 0 Å². The second-order valence-corrected chi connectivity index (χ2v) is 5.73. The van der Waals surface area contributed by atoms with Gasteiger partial charge in [0.05, 0.1) is 0 Å². The van der Waals surface area contributed by atoms with Gasteiger partial charge in [-0.3, -0.25) is 4.79 Å². The predicted molar refractivity (Wildman–Crippen MR) is 83.2 cm³/mol. The Kier molecular flexibility index (Phi) is 6.40. The van der Waals surface area contributed by atoms with E-state index in [-0.39, 0.29) is 17.7 Å². The average molecular weight is 291 g/mol. The van der Waals surface area contributed by atoms with Crippen molar-refractivity contribution < 1.29 is 14.7 Å². The Bertz CT molecular complexity index is 499. The van der Waals surface area contributed by atoms with Gasteiger partial charge in [-0.25, -0.2) is 4.79 Å². The molecule has 4 nitrogen and oxygen atoms in total. The zero-order chi connectivity index (χ0) is 16.0. The average Bonchev–Trinajstić information content (AvgIpc) is 2.44. The van der Waals surface area contributed by atoms with Crippen molar-refractivity contribution >= 4 is 11.9 Å². The molecule has 0 saturated carbocycles. The fourth-order valence-electron chi connectivity index (χ4n) is 2.44. The van der Waals surface area contributed by atoms with Gasteiger partial charge in [-0.15, -0.1) is 0 Å². The standard InChI is InChI=1S/C17H25NO3/c1-5-11(2)16(17(20)21)18-15(19)10-13(4)14-9-7-6-8-12(14)3/h6-9,11,13,16H,5,10H2,1-4H3,(H,18,19)(H,20,21)/t11-,13?,16-/m0/s1. The number of carbonyl (C=O) groups excluding carboxylic acids is 1. The van der Waals surface area contributed by atoms with Crippen LogP contribution in [0.2, 0.25) is 0 Å². The van der Waals surface area contributed by atoms with Crippen molar-refractivity contribution in [3.63, 3.8) is 0 Å². The van der Waals surface area contributed by atoms with Crippen LogP contribution in [-0.2, 0) is 9.59 Å². The number of aliphatic carboxylic acids is 1. The molecule has 0 aliphatic rings. The van der Waals surface area contributed by atoms with E-state index >= 15 is 0 Å². The molecule has 4 heteroatoms. The van der Waals surface area contributed by atoms with Crippen LogP contribution in [0.5, 0.6) is 0 Å². The maximum atomic E-state index is 12.1. The molecule has 21 heavy (non-hydrogen) atoms. The first-order valence-corrected chi connectivity index (χ1v) is 7.44. The summed E-state index contributed by atoms with van der Waals surface area (Å²) in [7, 11) is 0. The van der Waals surface area contributed by atoms with Crippen molar-refractivity contribution in [2.24, 2.45) is 5.92 Å². The number of carboxylic acids is 1. The number of hydrogen-bond donors (Lipinski definition) is 2. The Balaban J connectivity index is 2.68. The van der Waals surface area contributed by atoms with E-state index in [0.717, 1.165) is 11.1 Å². The van der Waals surface area contributed by atoms with E-state index in [1.165, 1.54) is 0 Å². The van der Waals surface area contributed by atoms with E-state index in [1.54, 1.807) is 0 Å². The highest BCUT2D eigenvalue weighted by molar-refractivity contribution is 5.84. The third-order valence-electron chi connectivity index (χ3n) is 4.01. The molecular weight excluding hydrogens is 266 g/mol. The first-order valence-electron chi connectivity index (χ1n) is 7.44. The van der Waals surface area contributed by atoms with Crippen LogP contribution >= 0.6 is 0 Å². The number of nitrogens with one attached hydrogen (secondary N) is 1. The van der Waals surface area contributed by atoms with Crippen molar-refractivity contribution in [1.82, 2.24) is 5.32 Å². The molecule has 1 rings (SSSR count). The molecule has 0 heterocycles. The van der Waals surface area contributed by atoms with Crippen molar-refractivity contribution in [3.05, 3.63) is 35.4 Å². The maximum absolute atomic E-state index is 12.1. The number of hydrogen-bond acceptors (Lipinski definition) is 2. The highest BCUT2D eigenvalue weighted by atomic mass is 16.4. The third kappa shape index (κ3) is 4.88. The normalized spacial score (nSPS) is 15.0. The predicted octanol–water partition coefficient (Wildman–Crippen LogP) is 3.10. The van der Waals surface area contributed by atoms with Crippen LogP contribution in [0.4, 0.5) is 0 Å². The minimum absolute atomic E-state index is 0.0672. The SMILES string of the molecule is CC[C@H](C)[C@H](NC(=O)CC(C)c1ccccc1C)C(=O)O. The van der Waals surface area contributed by atoms with Crippen LogP contribution in [0.25, 0.3) is 0 Å². The Hall–Kier alpha value is -1.84. The Morgan fingerprint density at radius 1 is 1.24 bits per heavy atom. The van der Waals surface area contributed by atoms with Gasteiger partial charge in [-0.2, -0.15) is 0 Å². The Morgan fingerprint density at radius 2 is 1.86 bits per heavy atom. The number of carboxylic acid groups (broad SMARTS) is 1. The molecule has 0 saturated heterocycles. The molecule has 2 N–H and O–H groups in total. The lowest BCUT2D eigenvalue weighted by Crippen LogP contribution is -2.45. The lowest BCUT2D eigenvalue weighted by Gasteiger charge is -2.21. The lowest BCUT2D eigenvalue weighted by molar-refractivity contribution is -0.143. The molecule has 1 aromatic carbocycles. The second kappa shape index (κ2) is 7.81. The van der Waals surface area contributed by atoms with E-state index in [0.29, 0.717) is 12.8 Å². The smallest absolute Gasteiger partial charge is 0.326 e. The Morgan fingerprint density at radius 3 is 2.38 bits per heavy atom. The fraction of sp³-hybridized carbons (Fsp3) is 0.529. The highest BCUT2D eigenvalue weighted by Crippen LogP contribution is 2.22. The van der Waals surface area contributed by atoms with Gasteiger partial charge in [-0.1, -0.05) is 51.5 Å². The van der Waals surface area contributed by atoms with Crippen LogP contribution in [0.1, 0.15) is 50.7 Å². The quantitative estimate of drug-likeness (QED) is 0.811. The number of benzene rings is 1. The molecule has 0 aliphatic carbocycles. The highest BCUT2D eigenvalue weighted by Gasteiger charge is 2.26. The molecule has 3 atom stereocenters. The van der Waals surface area contributed by atoms with Gasteiger partial charge >= 0.3 is 5.97 Å². The van der Waals surface area contributed by atoms with Crippen LogP contribution < -0.4 is 5.32 Å². The molecule has 0 aromatic heterocycles. The maximum Gasteiger partial charge on any atom is 0.326 e. The lowest BCUT2D eigenvalue weighted by atomic mass is 9.93. The van der Waals surface area contributed by atoms with Gasteiger partial charge in [0, 0.05) is 6.42 Å². The number of carbonyl (C=O) groups is 2. The van der Waals surface area contributed by atoms with Crippen molar-refractivity contribution in [2.45, 2.75) is 52.5 Å². The van der Waals surface area contributed by atoms with Crippen molar-refractivity contribution in [1.29, 1.82) is 0 Å². The minimum atomic E-state index is -0.971. The van der Waals surface area contributed by atoms with Crippen molar-refractivity contribution in [2.75, 3.05) is 0 Å². The summed E-state index contributed by atoms with van der Waals surface area (Å²) in [6.45, 7) is 7.76. The van der Waals surface area contributed by atoms with Crippen LogP contribution in [-0.4, -0.2) is 23.0 Å². The van der Waals surface area contributed by atoms with E-state index < -0.39 is 12.0 Å². The molecule has 0 fully saturated rings. The zero-order valence-corrected chi connectivity index (χ0v) is 13.2.